The van der Waals surface area contributed by atoms with Crippen molar-refractivity contribution in [3.05, 3.63) is 22.7 Å². The predicted octanol–water partition coefficient (Wildman–Crippen LogP) is 3.54. The number of nitrogens with one attached hydrogen (secondary N) is 1. The Labute approximate surface area is 112 Å². The molecule has 0 aliphatic carbocycles. The minimum absolute atomic E-state index is 0.281. The summed E-state index contributed by atoms with van der Waals surface area (Å²) < 4.78 is 11.5. The Morgan fingerprint density at radius 3 is 2.53 bits per heavy atom. The van der Waals surface area contributed by atoms with Gasteiger partial charge in [-0.05, 0) is 34.0 Å². The van der Waals surface area contributed by atoms with Gasteiger partial charge in [0, 0.05) is 17.6 Å². The molecular formula is C13H20BrNO2. The van der Waals surface area contributed by atoms with Gasteiger partial charge >= 0.3 is 0 Å². The summed E-state index contributed by atoms with van der Waals surface area (Å²) in [6.45, 7) is 5.02. The first-order chi connectivity index (χ1) is 8.08. The van der Waals surface area contributed by atoms with Crippen LogP contribution in [0.1, 0.15) is 13.8 Å². The molecule has 0 amide bonds. The largest absolute Gasteiger partial charge is 0.497 e. The van der Waals surface area contributed by atoms with Gasteiger partial charge in [0.05, 0.1) is 25.4 Å². The van der Waals surface area contributed by atoms with Gasteiger partial charge in [0.1, 0.15) is 5.75 Å². The maximum atomic E-state index is 5.22. The first-order valence-corrected chi connectivity index (χ1v) is 6.46. The number of ether oxygens (including phenoxy) is 2. The molecule has 1 aromatic rings. The predicted molar refractivity (Wildman–Crippen MR) is 74.8 cm³/mol. The topological polar surface area (TPSA) is 30.5 Å². The van der Waals surface area contributed by atoms with Crippen LogP contribution in [0.2, 0.25) is 0 Å². The lowest BCUT2D eigenvalue weighted by Crippen LogP contribution is -2.30. The normalized spacial score (nSPS) is 12.6. The SMILES string of the molecule is COCC(Nc1cc(OC)ccc1Br)C(C)C. The molecule has 1 N–H and O–H groups in total. The van der Waals surface area contributed by atoms with Crippen LogP contribution >= 0.6 is 15.9 Å². The number of hydrogen-bond acceptors (Lipinski definition) is 3. The van der Waals surface area contributed by atoms with Gasteiger partial charge in [-0.2, -0.15) is 0 Å². The van der Waals surface area contributed by atoms with Crippen molar-refractivity contribution >= 4 is 21.6 Å². The molecule has 17 heavy (non-hydrogen) atoms. The van der Waals surface area contributed by atoms with Gasteiger partial charge in [-0.15, -0.1) is 0 Å². The lowest BCUT2D eigenvalue weighted by atomic mass is 10.1. The summed E-state index contributed by atoms with van der Waals surface area (Å²) in [4.78, 5) is 0. The fraction of sp³-hybridized carbons (Fsp3) is 0.538. The van der Waals surface area contributed by atoms with Crippen LogP contribution in [0.25, 0.3) is 0 Å². The van der Waals surface area contributed by atoms with Gasteiger partial charge < -0.3 is 14.8 Å². The van der Waals surface area contributed by atoms with Crippen molar-refractivity contribution in [2.24, 2.45) is 5.92 Å². The van der Waals surface area contributed by atoms with Crippen molar-refractivity contribution in [2.75, 3.05) is 26.1 Å². The minimum atomic E-state index is 0.281. The second kappa shape index (κ2) is 6.87. The lowest BCUT2D eigenvalue weighted by molar-refractivity contribution is 0.171. The number of hydrogen-bond donors (Lipinski definition) is 1. The molecule has 3 nitrogen and oxygen atoms in total. The van der Waals surface area contributed by atoms with E-state index in [9.17, 15) is 0 Å². The molecule has 0 saturated carbocycles. The number of halogens is 1. The van der Waals surface area contributed by atoms with E-state index in [4.69, 9.17) is 9.47 Å². The second-order valence-corrected chi connectivity index (χ2v) is 5.15. The standard InChI is InChI=1S/C13H20BrNO2/c1-9(2)13(8-16-3)15-12-7-10(17-4)5-6-11(12)14/h5-7,9,13,15H,8H2,1-4H3. The molecule has 0 aromatic heterocycles. The molecule has 1 unspecified atom stereocenters. The lowest BCUT2D eigenvalue weighted by Gasteiger charge is -2.23. The first kappa shape index (κ1) is 14.3. The van der Waals surface area contributed by atoms with Gasteiger partial charge in [0.2, 0.25) is 0 Å². The van der Waals surface area contributed by atoms with E-state index in [0.717, 1.165) is 15.9 Å². The molecule has 0 spiro atoms. The van der Waals surface area contributed by atoms with E-state index in [1.807, 2.05) is 18.2 Å². The zero-order valence-corrected chi connectivity index (χ0v) is 12.4. The zero-order chi connectivity index (χ0) is 12.8. The summed E-state index contributed by atoms with van der Waals surface area (Å²) in [6, 6.07) is 6.17. The van der Waals surface area contributed by atoms with Crippen LogP contribution in [0.15, 0.2) is 22.7 Å². The van der Waals surface area contributed by atoms with Crippen molar-refractivity contribution in [2.45, 2.75) is 19.9 Å². The van der Waals surface area contributed by atoms with E-state index in [1.54, 1.807) is 14.2 Å². The summed E-state index contributed by atoms with van der Waals surface area (Å²) in [7, 11) is 3.39. The maximum Gasteiger partial charge on any atom is 0.121 e. The summed E-state index contributed by atoms with van der Waals surface area (Å²) in [6.07, 6.45) is 0. The Bertz CT molecular complexity index is 355. The van der Waals surface area contributed by atoms with E-state index in [0.29, 0.717) is 12.5 Å². The van der Waals surface area contributed by atoms with Crippen molar-refractivity contribution in [3.8, 4) is 5.75 Å². The van der Waals surface area contributed by atoms with E-state index >= 15 is 0 Å². The zero-order valence-electron chi connectivity index (χ0n) is 10.8. The molecule has 4 heteroatoms. The third-order valence-corrected chi connectivity index (χ3v) is 3.36. The molecule has 0 saturated heterocycles. The van der Waals surface area contributed by atoms with Gasteiger partial charge in [0.15, 0.2) is 0 Å². The Morgan fingerprint density at radius 1 is 1.29 bits per heavy atom. The summed E-state index contributed by atoms with van der Waals surface area (Å²) in [5.74, 6) is 1.34. The smallest absolute Gasteiger partial charge is 0.121 e. The average Bonchev–Trinajstić information content (AvgIpc) is 2.31. The van der Waals surface area contributed by atoms with Gasteiger partial charge in [0.25, 0.3) is 0 Å². The van der Waals surface area contributed by atoms with E-state index < -0.39 is 0 Å². The number of methoxy groups -OCH3 is 2. The van der Waals surface area contributed by atoms with E-state index in [1.165, 1.54) is 0 Å². The van der Waals surface area contributed by atoms with Crippen LogP contribution in [0.5, 0.6) is 5.75 Å². The molecule has 0 fully saturated rings. The number of anilines is 1. The van der Waals surface area contributed by atoms with Gasteiger partial charge in [-0.1, -0.05) is 13.8 Å². The molecule has 0 radical (unpaired) electrons. The summed E-state index contributed by atoms with van der Waals surface area (Å²) in [5, 5.41) is 3.47. The molecule has 1 rings (SSSR count). The molecule has 0 bridgehead atoms. The van der Waals surface area contributed by atoms with Crippen molar-refractivity contribution in [3.63, 3.8) is 0 Å². The second-order valence-electron chi connectivity index (χ2n) is 4.30. The van der Waals surface area contributed by atoms with Crippen LogP contribution in [0.3, 0.4) is 0 Å². The quantitative estimate of drug-likeness (QED) is 0.872. The van der Waals surface area contributed by atoms with Crippen molar-refractivity contribution in [1.29, 1.82) is 0 Å². The Hall–Kier alpha value is -0.740. The Balaban J connectivity index is 2.84. The summed E-state index contributed by atoms with van der Waals surface area (Å²) >= 11 is 3.53. The molecule has 0 heterocycles. The molecule has 0 aliphatic heterocycles. The van der Waals surface area contributed by atoms with Gasteiger partial charge in [-0.3, -0.25) is 0 Å². The fourth-order valence-corrected chi connectivity index (χ4v) is 1.88. The monoisotopic (exact) mass is 301 g/mol. The summed E-state index contributed by atoms with van der Waals surface area (Å²) in [5.41, 5.74) is 1.03. The van der Waals surface area contributed by atoms with E-state index in [-0.39, 0.29) is 6.04 Å². The number of benzene rings is 1. The van der Waals surface area contributed by atoms with Gasteiger partial charge in [-0.25, -0.2) is 0 Å². The fourth-order valence-electron chi connectivity index (χ4n) is 1.52. The van der Waals surface area contributed by atoms with Crippen LogP contribution in [-0.2, 0) is 4.74 Å². The Morgan fingerprint density at radius 2 is 2.00 bits per heavy atom. The third-order valence-electron chi connectivity index (χ3n) is 2.67. The molecule has 0 aliphatic rings. The molecule has 96 valence electrons. The van der Waals surface area contributed by atoms with Crippen LogP contribution in [0, 0.1) is 5.92 Å². The minimum Gasteiger partial charge on any atom is -0.497 e. The Kier molecular flexibility index (Phi) is 5.78. The molecule has 1 aromatic carbocycles. The van der Waals surface area contributed by atoms with Crippen molar-refractivity contribution in [1.82, 2.24) is 0 Å². The highest BCUT2D eigenvalue weighted by atomic mass is 79.9. The molecule has 1 atom stereocenters. The van der Waals surface area contributed by atoms with Crippen molar-refractivity contribution < 1.29 is 9.47 Å². The average molecular weight is 302 g/mol. The van der Waals surface area contributed by atoms with Crippen LogP contribution in [0.4, 0.5) is 5.69 Å². The maximum absolute atomic E-state index is 5.22. The molecular weight excluding hydrogens is 282 g/mol. The van der Waals surface area contributed by atoms with Crippen LogP contribution in [-0.4, -0.2) is 26.9 Å². The first-order valence-electron chi connectivity index (χ1n) is 5.67. The highest BCUT2D eigenvalue weighted by molar-refractivity contribution is 9.10. The highest BCUT2D eigenvalue weighted by Gasteiger charge is 2.14. The highest BCUT2D eigenvalue weighted by Crippen LogP contribution is 2.28. The third kappa shape index (κ3) is 4.21. The van der Waals surface area contributed by atoms with E-state index in [2.05, 4.69) is 35.1 Å². The van der Waals surface area contributed by atoms with Crippen LogP contribution < -0.4 is 10.1 Å². The number of rotatable bonds is 6.